The maximum absolute atomic E-state index is 10.1. The summed E-state index contributed by atoms with van der Waals surface area (Å²) in [5.74, 6) is 1.46. The van der Waals surface area contributed by atoms with E-state index in [2.05, 4.69) is 11.9 Å². The first kappa shape index (κ1) is 13.4. The van der Waals surface area contributed by atoms with Gasteiger partial charge in [0, 0.05) is 13.1 Å². The van der Waals surface area contributed by atoms with Crippen molar-refractivity contribution in [1.82, 2.24) is 4.90 Å². The Morgan fingerprint density at radius 2 is 1.53 bits per heavy atom. The van der Waals surface area contributed by atoms with E-state index in [1.165, 1.54) is 57.9 Å². The van der Waals surface area contributed by atoms with Crippen LogP contribution in [-0.2, 0) is 0 Å². The normalized spacial score (nSPS) is 31.9. The number of hydrogen-bond donors (Lipinski definition) is 1. The summed E-state index contributed by atoms with van der Waals surface area (Å²) < 4.78 is 0. The van der Waals surface area contributed by atoms with Gasteiger partial charge in [-0.2, -0.15) is 0 Å². The Bertz CT molecular complexity index is 213. The van der Waals surface area contributed by atoms with Gasteiger partial charge in [0.2, 0.25) is 0 Å². The molecule has 0 spiro atoms. The van der Waals surface area contributed by atoms with Crippen molar-refractivity contribution in [1.29, 1.82) is 0 Å². The standard InChI is InChI=1S/C15H29NO/c1-16(11-13-7-5-6-8-13)12-14-9-3-2-4-10-15(14)17/h13-15,17H,2-12H2,1H3. The van der Waals surface area contributed by atoms with Gasteiger partial charge in [-0.1, -0.05) is 32.1 Å². The Balaban J connectivity index is 1.73. The first-order chi connectivity index (χ1) is 8.25. The van der Waals surface area contributed by atoms with Crippen LogP contribution in [0.5, 0.6) is 0 Å². The van der Waals surface area contributed by atoms with Gasteiger partial charge < -0.3 is 10.0 Å². The molecule has 2 saturated carbocycles. The predicted molar refractivity (Wildman–Crippen MR) is 72.0 cm³/mol. The molecule has 2 unspecified atom stereocenters. The fraction of sp³-hybridized carbons (Fsp3) is 1.00. The van der Waals surface area contributed by atoms with E-state index in [9.17, 15) is 5.11 Å². The van der Waals surface area contributed by atoms with Crippen LogP contribution < -0.4 is 0 Å². The van der Waals surface area contributed by atoms with Gasteiger partial charge in [0.15, 0.2) is 0 Å². The van der Waals surface area contributed by atoms with Crippen LogP contribution in [0.4, 0.5) is 0 Å². The third kappa shape index (κ3) is 4.26. The van der Waals surface area contributed by atoms with E-state index in [1.54, 1.807) is 0 Å². The number of rotatable bonds is 4. The minimum atomic E-state index is -0.0384. The molecule has 0 aliphatic heterocycles. The van der Waals surface area contributed by atoms with Crippen molar-refractivity contribution in [2.24, 2.45) is 11.8 Å². The quantitative estimate of drug-likeness (QED) is 0.762. The molecule has 2 heteroatoms. The van der Waals surface area contributed by atoms with Crippen LogP contribution in [0.25, 0.3) is 0 Å². The van der Waals surface area contributed by atoms with E-state index in [-0.39, 0.29) is 6.10 Å². The first-order valence-electron chi connectivity index (χ1n) is 7.62. The molecule has 0 saturated heterocycles. The first-order valence-corrected chi connectivity index (χ1v) is 7.62. The summed E-state index contributed by atoms with van der Waals surface area (Å²) in [7, 11) is 2.25. The fourth-order valence-corrected chi connectivity index (χ4v) is 3.69. The summed E-state index contributed by atoms with van der Waals surface area (Å²) in [5, 5.41) is 10.1. The van der Waals surface area contributed by atoms with Crippen molar-refractivity contribution in [2.45, 2.75) is 63.9 Å². The van der Waals surface area contributed by atoms with Gasteiger partial charge in [-0.25, -0.2) is 0 Å². The van der Waals surface area contributed by atoms with Crippen LogP contribution in [-0.4, -0.2) is 36.2 Å². The van der Waals surface area contributed by atoms with Crippen LogP contribution in [0, 0.1) is 11.8 Å². The molecule has 2 nitrogen and oxygen atoms in total. The topological polar surface area (TPSA) is 23.5 Å². The summed E-state index contributed by atoms with van der Waals surface area (Å²) in [5.41, 5.74) is 0. The Morgan fingerprint density at radius 1 is 0.882 bits per heavy atom. The molecule has 0 aromatic heterocycles. The lowest BCUT2D eigenvalue weighted by molar-refractivity contribution is 0.0762. The monoisotopic (exact) mass is 239 g/mol. The highest BCUT2D eigenvalue weighted by Crippen LogP contribution is 2.27. The molecule has 0 radical (unpaired) electrons. The maximum Gasteiger partial charge on any atom is 0.0580 e. The summed E-state index contributed by atoms with van der Waals surface area (Å²) >= 11 is 0. The van der Waals surface area contributed by atoms with Crippen molar-refractivity contribution in [3.05, 3.63) is 0 Å². The van der Waals surface area contributed by atoms with E-state index < -0.39 is 0 Å². The zero-order valence-corrected chi connectivity index (χ0v) is 11.4. The van der Waals surface area contributed by atoms with E-state index in [4.69, 9.17) is 0 Å². The molecule has 2 aliphatic rings. The molecular formula is C15H29NO. The smallest absolute Gasteiger partial charge is 0.0580 e. The van der Waals surface area contributed by atoms with Gasteiger partial charge in [-0.3, -0.25) is 0 Å². The SMILES string of the molecule is CN(CC1CCCC1)CC1CCCCCC1O. The molecule has 100 valence electrons. The second kappa shape index (κ2) is 6.75. The summed E-state index contributed by atoms with van der Waals surface area (Å²) in [6.45, 7) is 2.36. The molecular weight excluding hydrogens is 210 g/mol. The molecule has 0 heterocycles. The van der Waals surface area contributed by atoms with Gasteiger partial charge in [0.1, 0.15) is 0 Å². The van der Waals surface area contributed by atoms with E-state index >= 15 is 0 Å². The average molecular weight is 239 g/mol. The van der Waals surface area contributed by atoms with Gasteiger partial charge >= 0.3 is 0 Å². The van der Waals surface area contributed by atoms with Crippen LogP contribution in [0.1, 0.15) is 57.8 Å². The highest BCUT2D eigenvalue weighted by Gasteiger charge is 2.24. The molecule has 2 rings (SSSR count). The number of hydrogen-bond acceptors (Lipinski definition) is 2. The molecule has 2 atom stereocenters. The molecule has 2 fully saturated rings. The summed E-state index contributed by atoms with van der Waals surface area (Å²) in [6.07, 6.45) is 11.8. The highest BCUT2D eigenvalue weighted by molar-refractivity contribution is 4.77. The predicted octanol–water partition coefficient (Wildman–Crippen LogP) is 3.05. The lowest BCUT2D eigenvalue weighted by Crippen LogP contribution is -2.34. The van der Waals surface area contributed by atoms with Crippen LogP contribution in [0.3, 0.4) is 0 Å². The van der Waals surface area contributed by atoms with Crippen molar-refractivity contribution in [2.75, 3.05) is 20.1 Å². The zero-order chi connectivity index (χ0) is 12.1. The molecule has 2 aliphatic carbocycles. The fourth-order valence-electron chi connectivity index (χ4n) is 3.69. The van der Waals surface area contributed by atoms with Gasteiger partial charge in [0.05, 0.1) is 6.10 Å². The summed E-state index contributed by atoms with van der Waals surface area (Å²) in [6, 6.07) is 0. The lowest BCUT2D eigenvalue weighted by atomic mass is 9.96. The zero-order valence-electron chi connectivity index (χ0n) is 11.4. The minimum absolute atomic E-state index is 0.0384. The van der Waals surface area contributed by atoms with E-state index in [0.29, 0.717) is 5.92 Å². The molecule has 0 aromatic rings. The van der Waals surface area contributed by atoms with Gasteiger partial charge in [0.25, 0.3) is 0 Å². The second-order valence-corrected chi connectivity index (χ2v) is 6.34. The third-order valence-corrected chi connectivity index (χ3v) is 4.71. The van der Waals surface area contributed by atoms with Crippen LogP contribution in [0.2, 0.25) is 0 Å². The number of aliphatic hydroxyl groups is 1. The van der Waals surface area contributed by atoms with Crippen molar-refractivity contribution in [3.8, 4) is 0 Å². The van der Waals surface area contributed by atoms with Gasteiger partial charge in [-0.05, 0) is 44.6 Å². The van der Waals surface area contributed by atoms with E-state index in [1.807, 2.05) is 0 Å². The third-order valence-electron chi connectivity index (χ3n) is 4.71. The maximum atomic E-state index is 10.1. The minimum Gasteiger partial charge on any atom is -0.393 e. The largest absolute Gasteiger partial charge is 0.393 e. The van der Waals surface area contributed by atoms with Crippen molar-refractivity contribution >= 4 is 0 Å². The second-order valence-electron chi connectivity index (χ2n) is 6.34. The number of nitrogens with zero attached hydrogens (tertiary/aromatic N) is 1. The Kier molecular flexibility index (Phi) is 5.30. The molecule has 0 aromatic carbocycles. The summed E-state index contributed by atoms with van der Waals surface area (Å²) in [4.78, 5) is 2.48. The lowest BCUT2D eigenvalue weighted by Gasteiger charge is -2.28. The van der Waals surface area contributed by atoms with Crippen molar-refractivity contribution in [3.63, 3.8) is 0 Å². The van der Waals surface area contributed by atoms with Crippen LogP contribution in [0.15, 0.2) is 0 Å². The Hall–Kier alpha value is -0.0800. The molecule has 0 bridgehead atoms. The Labute approximate surface area is 106 Å². The molecule has 0 amide bonds. The van der Waals surface area contributed by atoms with E-state index in [0.717, 1.165) is 18.9 Å². The van der Waals surface area contributed by atoms with Crippen LogP contribution >= 0.6 is 0 Å². The number of aliphatic hydroxyl groups excluding tert-OH is 1. The average Bonchev–Trinajstić information content (AvgIpc) is 2.71. The Morgan fingerprint density at radius 3 is 2.29 bits per heavy atom. The van der Waals surface area contributed by atoms with Crippen molar-refractivity contribution < 1.29 is 5.11 Å². The van der Waals surface area contributed by atoms with Gasteiger partial charge in [-0.15, -0.1) is 0 Å². The molecule has 1 N–H and O–H groups in total. The highest BCUT2D eigenvalue weighted by atomic mass is 16.3. The molecule has 17 heavy (non-hydrogen) atoms.